The normalized spacial score (nSPS) is 10.8. The second-order valence-corrected chi connectivity index (χ2v) is 5.13. The SMILES string of the molecule is CCc1ccccc1Oc1ccc2scnc2c1N. The standard InChI is InChI=1S/C15H14N2OS/c1-2-10-5-3-4-6-11(10)18-12-7-8-13-15(14(12)16)17-9-19-13/h3-9H,2,16H2,1H3. The summed E-state index contributed by atoms with van der Waals surface area (Å²) < 4.78 is 7.03. The zero-order valence-corrected chi connectivity index (χ0v) is 11.4. The molecular formula is C15H14N2OS. The number of rotatable bonds is 3. The first-order chi connectivity index (χ1) is 9.29. The maximum Gasteiger partial charge on any atom is 0.152 e. The average molecular weight is 270 g/mol. The van der Waals surface area contributed by atoms with Crippen molar-refractivity contribution in [3.63, 3.8) is 0 Å². The predicted octanol–water partition coefficient (Wildman–Crippen LogP) is 4.23. The molecule has 1 heterocycles. The summed E-state index contributed by atoms with van der Waals surface area (Å²) in [6, 6.07) is 11.9. The Labute approximate surface area is 115 Å². The molecule has 3 rings (SSSR count). The van der Waals surface area contributed by atoms with Gasteiger partial charge in [0, 0.05) is 0 Å². The Morgan fingerprint density at radius 1 is 1.16 bits per heavy atom. The summed E-state index contributed by atoms with van der Waals surface area (Å²) in [5.74, 6) is 1.52. The molecule has 0 saturated heterocycles. The van der Waals surface area contributed by atoms with Gasteiger partial charge in [0.25, 0.3) is 0 Å². The monoisotopic (exact) mass is 270 g/mol. The van der Waals surface area contributed by atoms with Crippen molar-refractivity contribution >= 4 is 27.2 Å². The van der Waals surface area contributed by atoms with E-state index in [2.05, 4.69) is 18.0 Å². The lowest BCUT2D eigenvalue weighted by Gasteiger charge is -2.11. The number of nitrogen functional groups attached to an aromatic ring is 1. The van der Waals surface area contributed by atoms with E-state index < -0.39 is 0 Å². The molecule has 0 unspecified atom stereocenters. The molecule has 1 aromatic heterocycles. The van der Waals surface area contributed by atoms with Crippen LogP contribution in [0.3, 0.4) is 0 Å². The van der Waals surface area contributed by atoms with E-state index in [0.717, 1.165) is 22.4 Å². The van der Waals surface area contributed by atoms with Gasteiger partial charge in [-0.3, -0.25) is 0 Å². The van der Waals surface area contributed by atoms with Crippen LogP contribution in [0.4, 0.5) is 5.69 Å². The highest BCUT2D eigenvalue weighted by molar-refractivity contribution is 7.16. The third kappa shape index (κ3) is 2.15. The zero-order valence-electron chi connectivity index (χ0n) is 10.6. The van der Waals surface area contributed by atoms with E-state index in [-0.39, 0.29) is 0 Å². The molecule has 0 aliphatic carbocycles. The molecule has 0 spiro atoms. The Morgan fingerprint density at radius 2 is 2.00 bits per heavy atom. The molecule has 2 aromatic carbocycles. The largest absolute Gasteiger partial charge is 0.455 e. The van der Waals surface area contributed by atoms with Crippen molar-refractivity contribution in [1.82, 2.24) is 4.98 Å². The van der Waals surface area contributed by atoms with E-state index in [0.29, 0.717) is 11.4 Å². The lowest BCUT2D eigenvalue weighted by Crippen LogP contribution is -1.95. The van der Waals surface area contributed by atoms with Crippen molar-refractivity contribution in [2.45, 2.75) is 13.3 Å². The maximum absolute atomic E-state index is 6.12. The number of thiazole rings is 1. The number of hydrogen-bond donors (Lipinski definition) is 1. The number of fused-ring (bicyclic) bond motifs is 1. The molecule has 4 heteroatoms. The first-order valence-electron chi connectivity index (χ1n) is 6.17. The van der Waals surface area contributed by atoms with Gasteiger partial charge >= 0.3 is 0 Å². The van der Waals surface area contributed by atoms with Gasteiger partial charge in [-0.2, -0.15) is 0 Å². The van der Waals surface area contributed by atoms with Crippen molar-refractivity contribution in [1.29, 1.82) is 0 Å². The number of para-hydroxylation sites is 1. The molecule has 96 valence electrons. The first kappa shape index (κ1) is 12.0. The molecular weight excluding hydrogens is 256 g/mol. The van der Waals surface area contributed by atoms with E-state index >= 15 is 0 Å². The summed E-state index contributed by atoms with van der Waals surface area (Å²) in [6.45, 7) is 2.11. The number of ether oxygens (including phenoxy) is 1. The minimum absolute atomic E-state index is 0.602. The van der Waals surface area contributed by atoms with Gasteiger partial charge < -0.3 is 10.5 Å². The molecule has 3 nitrogen and oxygen atoms in total. The number of aromatic nitrogens is 1. The number of anilines is 1. The number of hydrogen-bond acceptors (Lipinski definition) is 4. The molecule has 0 bridgehead atoms. The fraction of sp³-hybridized carbons (Fsp3) is 0.133. The summed E-state index contributed by atoms with van der Waals surface area (Å²) in [4.78, 5) is 4.28. The smallest absolute Gasteiger partial charge is 0.152 e. The van der Waals surface area contributed by atoms with Crippen LogP contribution < -0.4 is 10.5 Å². The first-order valence-corrected chi connectivity index (χ1v) is 7.05. The number of nitrogens with zero attached hydrogens (tertiary/aromatic N) is 1. The lowest BCUT2D eigenvalue weighted by molar-refractivity contribution is 0.480. The highest BCUT2D eigenvalue weighted by Crippen LogP contribution is 2.35. The van der Waals surface area contributed by atoms with Gasteiger partial charge in [-0.15, -0.1) is 11.3 Å². The van der Waals surface area contributed by atoms with Crippen molar-refractivity contribution in [2.24, 2.45) is 0 Å². The van der Waals surface area contributed by atoms with Gasteiger partial charge in [0.05, 0.1) is 10.2 Å². The summed E-state index contributed by atoms with van der Waals surface area (Å²) in [5, 5.41) is 0. The molecule has 0 fully saturated rings. The van der Waals surface area contributed by atoms with Gasteiger partial charge in [-0.25, -0.2) is 4.98 Å². The highest BCUT2D eigenvalue weighted by atomic mass is 32.1. The van der Waals surface area contributed by atoms with Crippen LogP contribution in [0.25, 0.3) is 10.2 Å². The second kappa shape index (κ2) is 4.90. The van der Waals surface area contributed by atoms with E-state index in [1.165, 1.54) is 5.56 Å². The summed E-state index contributed by atoms with van der Waals surface area (Å²) in [7, 11) is 0. The van der Waals surface area contributed by atoms with Gasteiger partial charge in [-0.1, -0.05) is 25.1 Å². The van der Waals surface area contributed by atoms with Crippen LogP contribution in [0.1, 0.15) is 12.5 Å². The second-order valence-electron chi connectivity index (χ2n) is 4.24. The number of benzene rings is 2. The van der Waals surface area contributed by atoms with E-state index in [1.54, 1.807) is 16.8 Å². The van der Waals surface area contributed by atoms with Crippen molar-refractivity contribution in [2.75, 3.05) is 5.73 Å². The Kier molecular flexibility index (Phi) is 3.09. The lowest BCUT2D eigenvalue weighted by atomic mass is 10.1. The van der Waals surface area contributed by atoms with Crippen LogP contribution in [-0.2, 0) is 6.42 Å². The fourth-order valence-corrected chi connectivity index (χ4v) is 2.73. The van der Waals surface area contributed by atoms with Crippen LogP contribution in [0, 0.1) is 0 Å². The molecule has 19 heavy (non-hydrogen) atoms. The maximum atomic E-state index is 6.12. The Balaban J connectivity index is 2.03. The molecule has 0 saturated carbocycles. The van der Waals surface area contributed by atoms with Crippen LogP contribution >= 0.6 is 11.3 Å². The van der Waals surface area contributed by atoms with Crippen LogP contribution in [0.5, 0.6) is 11.5 Å². The third-order valence-electron chi connectivity index (χ3n) is 3.07. The zero-order chi connectivity index (χ0) is 13.2. The molecule has 0 radical (unpaired) electrons. The molecule has 2 N–H and O–H groups in total. The molecule has 0 atom stereocenters. The third-order valence-corrected chi connectivity index (χ3v) is 3.87. The van der Waals surface area contributed by atoms with Gasteiger partial charge in [0.2, 0.25) is 0 Å². The molecule has 3 aromatic rings. The van der Waals surface area contributed by atoms with Crippen molar-refractivity contribution < 1.29 is 4.74 Å². The summed E-state index contributed by atoms with van der Waals surface area (Å²) >= 11 is 1.58. The quantitative estimate of drug-likeness (QED) is 0.724. The molecule has 0 aliphatic heterocycles. The minimum atomic E-state index is 0.602. The molecule has 0 amide bonds. The van der Waals surface area contributed by atoms with E-state index in [9.17, 15) is 0 Å². The van der Waals surface area contributed by atoms with Crippen molar-refractivity contribution in [3.05, 3.63) is 47.5 Å². The Morgan fingerprint density at radius 3 is 2.84 bits per heavy atom. The van der Waals surface area contributed by atoms with E-state index in [4.69, 9.17) is 10.5 Å². The van der Waals surface area contributed by atoms with Crippen molar-refractivity contribution in [3.8, 4) is 11.5 Å². The summed E-state index contributed by atoms with van der Waals surface area (Å²) in [5.41, 5.74) is 10.5. The Bertz CT molecular complexity index is 721. The predicted molar refractivity (Wildman–Crippen MR) is 79.9 cm³/mol. The minimum Gasteiger partial charge on any atom is -0.455 e. The topological polar surface area (TPSA) is 48.1 Å². The van der Waals surface area contributed by atoms with E-state index in [1.807, 2.05) is 30.3 Å². The fourth-order valence-electron chi connectivity index (χ4n) is 2.04. The summed E-state index contributed by atoms with van der Waals surface area (Å²) in [6.07, 6.45) is 0.926. The van der Waals surface area contributed by atoms with Gasteiger partial charge in [-0.05, 0) is 30.2 Å². The molecule has 0 aliphatic rings. The average Bonchev–Trinajstić information content (AvgIpc) is 2.92. The number of aryl methyl sites for hydroxylation is 1. The van der Waals surface area contributed by atoms with Crippen LogP contribution in [0.15, 0.2) is 41.9 Å². The van der Waals surface area contributed by atoms with Gasteiger partial charge in [0.15, 0.2) is 5.75 Å². The van der Waals surface area contributed by atoms with Gasteiger partial charge in [0.1, 0.15) is 17.0 Å². The van der Waals surface area contributed by atoms with Crippen LogP contribution in [-0.4, -0.2) is 4.98 Å². The highest BCUT2D eigenvalue weighted by Gasteiger charge is 2.10. The number of nitrogens with two attached hydrogens (primary N) is 1. The Hall–Kier alpha value is -2.07. The van der Waals surface area contributed by atoms with Crippen LogP contribution in [0.2, 0.25) is 0 Å².